The van der Waals surface area contributed by atoms with Crippen LogP contribution in [0.4, 0.5) is 0 Å². The summed E-state index contributed by atoms with van der Waals surface area (Å²) in [5.41, 5.74) is 2.18. The summed E-state index contributed by atoms with van der Waals surface area (Å²) < 4.78 is 5.33. The first-order valence-electron chi connectivity index (χ1n) is 9.01. The zero-order chi connectivity index (χ0) is 16.9. The molecule has 1 fully saturated rings. The van der Waals surface area contributed by atoms with E-state index in [1.54, 1.807) is 6.26 Å². The lowest BCUT2D eigenvalue weighted by Crippen LogP contribution is -2.49. The lowest BCUT2D eigenvalue weighted by Gasteiger charge is -2.41. The molecule has 2 heterocycles. The van der Waals surface area contributed by atoms with Gasteiger partial charge in [0.15, 0.2) is 0 Å². The Balaban J connectivity index is 1.56. The average Bonchev–Trinajstić information content (AvgIpc) is 2.64. The summed E-state index contributed by atoms with van der Waals surface area (Å²) in [4.78, 5) is 17.1. The number of rotatable bonds is 4. The molecule has 0 bridgehead atoms. The summed E-state index contributed by atoms with van der Waals surface area (Å²) in [5.74, 6) is 0.142. The van der Waals surface area contributed by atoms with Crippen molar-refractivity contribution in [3.63, 3.8) is 0 Å². The molecule has 1 aromatic carbocycles. The van der Waals surface area contributed by atoms with E-state index in [-0.39, 0.29) is 5.91 Å². The Morgan fingerprint density at radius 1 is 1.33 bits per heavy atom. The van der Waals surface area contributed by atoms with Gasteiger partial charge in [0.1, 0.15) is 0 Å². The van der Waals surface area contributed by atoms with Crippen molar-refractivity contribution in [3.8, 4) is 0 Å². The minimum atomic E-state index is 0.142. The van der Waals surface area contributed by atoms with E-state index in [0.717, 1.165) is 51.0 Å². The highest BCUT2D eigenvalue weighted by molar-refractivity contribution is 5.93. The van der Waals surface area contributed by atoms with E-state index < -0.39 is 0 Å². The molecule has 0 unspecified atom stereocenters. The highest BCUT2D eigenvalue weighted by Crippen LogP contribution is 2.25. The van der Waals surface area contributed by atoms with Crippen LogP contribution in [-0.4, -0.2) is 48.0 Å². The number of benzene rings is 1. The van der Waals surface area contributed by atoms with Crippen LogP contribution in [0.2, 0.25) is 0 Å². The zero-order valence-electron chi connectivity index (χ0n) is 14.8. The van der Waals surface area contributed by atoms with Crippen LogP contribution >= 0.6 is 0 Å². The fourth-order valence-electron chi connectivity index (χ4n) is 3.71. The molecule has 2 aliphatic heterocycles. The number of hydrogen-bond donors (Lipinski definition) is 0. The fourth-order valence-corrected chi connectivity index (χ4v) is 3.71. The normalized spacial score (nSPS) is 24.8. The average molecular weight is 328 g/mol. The SMILES string of the molecule is C[C@H]1C[C@@H](N(C)C(=O)C2=COCCC2)CCN1Cc1ccccc1. The third kappa shape index (κ3) is 3.99. The summed E-state index contributed by atoms with van der Waals surface area (Å²) >= 11 is 0. The molecule has 0 aliphatic carbocycles. The van der Waals surface area contributed by atoms with Gasteiger partial charge in [0, 0.05) is 32.2 Å². The minimum Gasteiger partial charge on any atom is -0.501 e. The Hall–Kier alpha value is -1.81. The van der Waals surface area contributed by atoms with E-state index in [0.29, 0.717) is 12.1 Å². The van der Waals surface area contributed by atoms with Gasteiger partial charge in [-0.1, -0.05) is 30.3 Å². The molecule has 0 saturated carbocycles. The number of likely N-dealkylation sites (tertiary alicyclic amines) is 1. The zero-order valence-corrected chi connectivity index (χ0v) is 14.8. The van der Waals surface area contributed by atoms with Crippen LogP contribution in [0.1, 0.15) is 38.2 Å². The molecule has 0 aromatic heterocycles. The first-order valence-corrected chi connectivity index (χ1v) is 9.01. The minimum absolute atomic E-state index is 0.142. The topological polar surface area (TPSA) is 32.8 Å². The summed E-state index contributed by atoms with van der Waals surface area (Å²) in [5, 5.41) is 0. The van der Waals surface area contributed by atoms with Crippen molar-refractivity contribution in [1.29, 1.82) is 0 Å². The molecule has 24 heavy (non-hydrogen) atoms. The first-order chi connectivity index (χ1) is 11.6. The summed E-state index contributed by atoms with van der Waals surface area (Å²) in [6.07, 6.45) is 5.51. The fraction of sp³-hybridized carbons (Fsp3) is 0.550. The van der Waals surface area contributed by atoms with Gasteiger partial charge in [-0.2, -0.15) is 0 Å². The molecule has 4 nitrogen and oxygen atoms in total. The van der Waals surface area contributed by atoms with Crippen molar-refractivity contribution < 1.29 is 9.53 Å². The van der Waals surface area contributed by atoms with Crippen molar-refractivity contribution in [2.45, 2.75) is 51.2 Å². The second-order valence-electron chi connectivity index (χ2n) is 7.02. The van der Waals surface area contributed by atoms with Gasteiger partial charge in [0.25, 0.3) is 5.91 Å². The number of carbonyl (C=O) groups excluding carboxylic acids is 1. The molecule has 4 heteroatoms. The smallest absolute Gasteiger partial charge is 0.252 e. The molecule has 0 radical (unpaired) electrons. The van der Waals surface area contributed by atoms with Crippen molar-refractivity contribution in [2.24, 2.45) is 0 Å². The molecule has 130 valence electrons. The van der Waals surface area contributed by atoms with Gasteiger partial charge in [-0.05, 0) is 38.2 Å². The Bertz CT molecular complexity index is 585. The molecule has 0 N–H and O–H groups in total. The maximum atomic E-state index is 12.6. The van der Waals surface area contributed by atoms with Crippen LogP contribution in [0.15, 0.2) is 42.2 Å². The van der Waals surface area contributed by atoms with Crippen molar-refractivity contribution in [2.75, 3.05) is 20.2 Å². The van der Waals surface area contributed by atoms with Crippen LogP contribution in [0.5, 0.6) is 0 Å². The molecule has 0 spiro atoms. The van der Waals surface area contributed by atoms with Crippen LogP contribution in [-0.2, 0) is 16.1 Å². The second kappa shape index (κ2) is 7.84. The van der Waals surface area contributed by atoms with Gasteiger partial charge in [0.05, 0.1) is 18.4 Å². The number of piperidine rings is 1. The van der Waals surface area contributed by atoms with Crippen molar-refractivity contribution >= 4 is 5.91 Å². The Labute approximate surface area is 145 Å². The van der Waals surface area contributed by atoms with Crippen LogP contribution in [0.3, 0.4) is 0 Å². The van der Waals surface area contributed by atoms with Crippen LogP contribution in [0.25, 0.3) is 0 Å². The maximum absolute atomic E-state index is 12.6. The monoisotopic (exact) mass is 328 g/mol. The number of amides is 1. The number of nitrogens with zero attached hydrogens (tertiary/aromatic N) is 2. The molecule has 2 aliphatic rings. The highest BCUT2D eigenvalue weighted by Gasteiger charge is 2.31. The largest absolute Gasteiger partial charge is 0.501 e. The molecule has 3 rings (SSSR count). The Morgan fingerprint density at radius 2 is 2.12 bits per heavy atom. The van der Waals surface area contributed by atoms with E-state index >= 15 is 0 Å². The molecule has 1 aromatic rings. The van der Waals surface area contributed by atoms with Crippen LogP contribution in [0, 0.1) is 0 Å². The molecule has 1 saturated heterocycles. The third-order valence-electron chi connectivity index (χ3n) is 5.29. The highest BCUT2D eigenvalue weighted by atomic mass is 16.5. The summed E-state index contributed by atoms with van der Waals surface area (Å²) in [7, 11) is 1.95. The molecular weight excluding hydrogens is 300 g/mol. The summed E-state index contributed by atoms with van der Waals surface area (Å²) in [6, 6.07) is 11.4. The number of ether oxygens (including phenoxy) is 1. The van der Waals surface area contributed by atoms with Crippen molar-refractivity contribution in [3.05, 3.63) is 47.7 Å². The lowest BCUT2D eigenvalue weighted by atomic mass is 9.95. The number of likely N-dealkylation sites (N-methyl/N-ethyl adjacent to an activating group) is 1. The molecule has 1 amide bonds. The summed E-state index contributed by atoms with van der Waals surface area (Å²) in [6.45, 7) is 5.03. The maximum Gasteiger partial charge on any atom is 0.252 e. The van der Waals surface area contributed by atoms with Gasteiger partial charge >= 0.3 is 0 Å². The Kier molecular flexibility index (Phi) is 5.56. The molecular formula is C20H28N2O2. The van der Waals surface area contributed by atoms with E-state index in [1.807, 2.05) is 11.9 Å². The lowest BCUT2D eigenvalue weighted by molar-refractivity contribution is -0.129. The standard InChI is InChI=1S/C20H28N2O2/c1-16-13-19(21(2)20(23)18-9-6-12-24-15-18)10-11-22(16)14-17-7-4-3-5-8-17/h3-5,7-8,15-16,19H,6,9-14H2,1-2H3/t16-,19-/m0/s1. The van der Waals surface area contributed by atoms with Gasteiger partial charge in [-0.25, -0.2) is 0 Å². The van der Waals surface area contributed by atoms with E-state index in [2.05, 4.69) is 42.2 Å². The van der Waals surface area contributed by atoms with Gasteiger partial charge in [0.2, 0.25) is 0 Å². The Morgan fingerprint density at radius 3 is 2.79 bits per heavy atom. The second-order valence-corrected chi connectivity index (χ2v) is 7.02. The van der Waals surface area contributed by atoms with Crippen LogP contribution < -0.4 is 0 Å². The predicted molar refractivity (Wildman–Crippen MR) is 95.4 cm³/mol. The van der Waals surface area contributed by atoms with Crippen molar-refractivity contribution in [1.82, 2.24) is 9.80 Å². The quantitative estimate of drug-likeness (QED) is 0.851. The van der Waals surface area contributed by atoms with E-state index in [9.17, 15) is 4.79 Å². The predicted octanol–water partition coefficient (Wildman–Crippen LogP) is 3.19. The van der Waals surface area contributed by atoms with E-state index in [1.165, 1.54) is 5.56 Å². The number of hydrogen-bond acceptors (Lipinski definition) is 3. The van der Waals surface area contributed by atoms with E-state index in [4.69, 9.17) is 4.74 Å². The van der Waals surface area contributed by atoms with Gasteiger partial charge < -0.3 is 9.64 Å². The van der Waals surface area contributed by atoms with Gasteiger partial charge in [-0.3, -0.25) is 9.69 Å². The first kappa shape index (κ1) is 17.0. The third-order valence-corrected chi connectivity index (χ3v) is 5.29. The molecule has 2 atom stereocenters. The van der Waals surface area contributed by atoms with Gasteiger partial charge in [-0.15, -0.1) is 0 Å². The number of carbonyl (C=O) groups is 1.